The van der Waals surface area contributed by atoms with Gasteiger partial charge in [0, 0.05) is 10.8 Å². The van der Waals surface area contributed by atoms with Crippen molar-refractivity contribution in [2.75, 3.05) is 5.32 Å². The molecule has 4 rings (SSSR count). The third-order valence-corrected chi connectivity index (χ3v) is 5.63. The normalized spacial score (nSPS) is 27.8. The molecular weight excluding hydrogens is 324 g/mol. The number of nitrogens with one attached hydrogen (secondary N) is 1. The lowest BCUT2D eigenvalue weighted by Crippen LogP contribution is -2.34. The van der Waals surface area contributed by atoms with E-state index in [4.69, 9.17) is 4.74 Å². The monoisotopic (exact) mass is 342 g/mol. The molecule has 24 heavy (non-hydrogen) atoms. The van der Waals surface area contributed by atoms with Crippen LogP contribution < -0.4 is 5.32 Å². The van der Waals surface area contributed by atoms with Gasteiger partial charge in [-0.1, -0.05) is 31.2 Å². The summed E-state index contributed by atoms with van der Waals surface area (Å²) in [6, 6.07) is 0. The molecule has 0 aromatic carbocycles. The van der Waals surface area contributed by atoms with Crippen LogP contribution in [0.2, 0.25) is 0 Å². The third-order valence-electron chi connectivity index (χ3n) is 4.60. The molecule has 1 amide bonds. The van der Waals surface area contributed by atoms with E-state index < -0.39 is 11.9 Å². The van der Waals surface area contributed by atoms with E-state index in [9.17, 15) is 9.59 Å². The van der Waals surface area contributed by atoms with Crippen molar-refractivity contribution in [3.05, 3.63) is 46.5 Å². The first-order chi connectivity index (χ1) is 11.6. The number of hydrogen-bond acceptors (Lipinski definition) is 5. The van der Waals surface area contributed by atoms with Gasteiger partial charge >= 0.3 is 5.97 Å². The molecule has 0 radical (unpaired) electrons. The highest BCUT2D eigenvalue weighted by atomic mass is 32.1. The number of carbonyl (C=O) groups excluding carboxylic acids is 2. The van der Waals surface area contributed by atoms with Gasteiger partial charge in [0.2, 0.25) is 0 Å². The average molecular weight is 342 g/mol. The summed E-state index contributed by atoms with van der Waals surface area (Å²) in [4.78, 5) is 30.3. The maximum absolute atomic E-state index is 12.5. The van der Waals surface area contributed by atoms with Gasteiger partial charge in [0.15, 0.2) is 5.13 Å². The first kappa shape index (κ1) is 15.3. The molecule has 2 aliphatic carbocycles. The van der Waals surface area contributed by atoms with Gasteiger partial charge in [-0.15, -0.1) is 11.3 Å². The summed E-state index contributed by atoms with van der Waals surface area (Å²) in [7, 11) is 0. The molecule has 5 nitrogen and oxygen atoms in total. The van der Waals surface area contributed by atoms with Crippen molar-refractivity contribution in [2.24, 2.45) is 11.8 Å². The molecule has 1 N–H and O–H groups in total. The number of ether oxygens (including phenoxy) is 1. The number of anilines is 1. The van der Waals surface area contributed by atoms with Crippen molar-refractivity contribution in [3.63, 3.8) is 0 Å². The van der Waals surface area contributed by atoms with Crippen molar-refractivity contribution in [1.29, 1.82) is 0 Å². The van der Waals surface area contributed by atoms with Gasteiger partial charge in [-0.2, -0.15) is 0 Å². The molecule has 1 aromatic heterocycles. The first-order valence-corrected chi connectivity index (χ1v) is 8.99. The Morgan fingerprint density at radius 2 is 2.21 bits per heavy atom. The summed E-state index contributed by atoms with van der Waals surface area (Å²) < 4.78 is 5.33. The van der Waals surface area contributed by atoms with Crippen LogP contribution in [0, 0.1) is 11.8 Å². The highest BCUT2D eigenvalue weighted by Crippen LogP contribution is 2.32. The fourth-order valence-electron chi connectivity index (χ4n) is 3.25. The number of allylic oxidation sites excluding steroid dienone is 2. The van der Waals surface area contributed by atoms with Crippen molar-refractivity contribution in [3.8, 4) is 0 Å². The second-order valence-electron chi connectivity index (χ2n) is 6.49. The minimum atomic E-state index is -0.580. The molecular formula is C18H18N2O3S. The second kappa shape index (κ2) is 6.02. The van der Waals surface area contributed by atoms with Gasteiger partial charge in [0.1, 0.15) is 11.7 Å². The highest BCUT2D eigenvalue weighted by molar-refractivity contribution is 7.15. The van der Waals surface area contributed by atoms with Crippen LogP contribution in [-0.4, -0.2) is 23.0 Å². The molecule has 6 heteroatoms. The zero-order valence-electron chi connectivity index (χ0n) is 13.3. The molecule has 3 aliphatic rings. The summed E-state index contributed by atoms with van der Waals surface area (Å²) in [6.07, 6.45) is 11.9. The summed E-state index contributed by atoms with van der Waals surface area (Å²) in [6.45, 7) is 2.23. The van der Waals surface area contributed by atoms with Gasteiger partial charge in [0.05, 0.1) is 5.69 Å². The van der Waals surface area contributed by atoms with Gasteiger partial charge in [-0.05, 0) is 31.3 Å². The van der Waals surface area contributed by atoms with Gasteiger partial charge < -0.3 is 4.74 Å². The van der Waals surface area contributed by atoms with Crippen LogP contribution >= 0.6 is 11.3 Å². The molecule has 1 aromatic rings. The van der Waals surface area contributed by atoms with E-state index >= 15 is 0 Å². The number of aromatic nitrogens is 1. The SMILES string of the molecule is C[C@@H]1CCc2nc(NC(=O)C3=C[C@@H]4C=CC=C[C@@H]4OC3=O)sc2C1. The molecule has 1 aliphatic heterocycles. The Morgan fingerprint density at radius 3 is 3.08 bits per heavy atom. The van der Waals surface area contributed by atoms with Crippen LogP contribution in [0.15, 0.2) is 36.0 Å². The van der Waals surface area contributed by atoms with E-state index in [-0.39, 0.29) is 17.6 Å². The summed E-state index contributed by atoms with van der Waals surface area (Å²) in [5.74, 6) is -0.455. The number of amides is 1. The van der Waals surface area contributed by atoms with Gasteiger partial charge in [0.25, 0.3) is 5.91 Å². The minimum Gasteiger partial charge on any atom is -0.453 e. The van der Waals surface area contributed by atoms with Crippen molar-refractivity contribution in [2.45, 2.75) is 32.3 Å². The molecule has 0 fully saturated rings. The highest BCUT2D eigenvalue weighted by Gasteiger charge is 2.33. The maximum atomic E-state index is 12.5. The average Bonchev–Trinajstić information content (AvgIpc) is 2.95. The predicted octanol–water partition coefficient (Wildman–Crippen LogP) is 2.80. The number of carbonyl (C=O) groups is 2. The molecule has 0 saturated heterocycles. The molecule has 0 unspecified atom stereocenters. The lowest BCUT2D eigenvalue weighted by atomic mass is 9.92. The van der Waals surface area contributed by atoms with E-state index in [1.165, 1.54) is 16.2 Å². The van der Waals surface area contributed by atoms with Crippen LogP contribution in [0.3, 0.4) is 0 Å². The topological polar surface area (TPSA) is 68.3 Å². The Hall–Kier alpha value is -2.21. The van der Waals surface area contributed by atoms with Crippen LogP contribution in [0.1, 0.15) is 23.9 Å². The lowest BCUT2D eigenvalue weighted by molar-refractivity contribution is -0.145. The Morgan fingerprint density at radius 1 is 1.38 bits per heavy atom. The predicted molar refractivity (Wildman–Crippen MR) is 91.7 cm³/mol. The Labute approximate surface area is 144 Å². The quantitative estimate of drug-likeness (QED) is 0.663. The lowest BCUT2D eigenvalue weighted by Gasteiger charge is -2.26. The van der Waals surface area contributed by atoms with Crippen LogP contribution in [0.4, 0.5) is 5.13 Å². The molecule has 0 saturated carbocycles. The van der Waals surface area contributed by atoms with Gasteiger partial charge in [-0.3, -0.25) is 10.1 Å². The molecule has 0 spiro atoms. The number of esters is 1. The number of hydrogen-bond donors (Lipinski definition) is 1. The van der Waals surface area contributed by atoms with Crippen LogP contribution in [0.25, 0.3) is 0 Å². The standard InChI is InChI=1S/C18H18N2O3S/c1-10-6-7-13-15(8-10)24-18(19-13)20-16(21)12-9-11-4-2-3-5-14(11)23-17(12)22/h2-5,9-11,14H,6-8H2,1H3,(H,19,20,21)/t10-,11+,14+/m1/s1. The zero-order valence-corrected chi connectivity index (χ0v) is 14.1. The van der Waals surface area contributed by atoms with E-state index in [0.717, 1.165) is 25.0 Å². The summed E-state index contributed by atoms with van der Waals surface area (Å²) >= 11 is 1.51. The Kier molecular flexibility index (Phi) is 3.84. The van der Waals surface area contributed by atoms with Crippen molar-refractivity contribution >= 4 is 28.3 Å². The number of fused-ring (bicyclic) bond motifs is 2. The smallest absolute Gasteiger partial charge is 0.344 e. The number of aryl methyl sites for hydroxylation is 1. The van der Waals surface area contributed by atoms with Crippen molar-refractivity contribution < 1.29 is 14.3 Å². The Bertz CT molecular complexity index is 790. The third kappa shape index (κ3) is 2.82. The van der Waals surface area contributed by atoms with E-state index in [2.05, 4.69) is 17.2 Å². The summed E-state index contributed by atoms with van der Waals surface area (Å²) in [5, 5.41) is 3.33. The largest absolute Gasteiger partial charge is 0.453 e. The van der Waals surface area contributed by atoms with Crippen LogP contribution in [0.5, 0.6) is 0 Å². The van der Waals surface area contributed by atoms with E-state index in [1.54, 1.807) is 6.08 Å². The van der Waals surface area contributed by atoms with Gasteiger partial charge in [-0.25, -0.2) is 9.78 Å². The second-order valence-corrected chi connectivity index (χ2v) is 7.57. The fraction of sp³-hybridized carbons (Fsp3) is 0.389. The van der Waals surface area contributed by atoms with Crippen molar-refractivity contribution in [1.82, 2.24) is 4.98 Å². The van der Waals surface area contributed by atoms with E-state index in [0.29, 0.717) is 11.0 Å². The Balaban J connectivity index is 1.52. The molecule has 124 valence electrons. The van der Waals surface area contributed by atoms with Crippen LogP contribution in [-0.2, 0) is 27.2 Å². The maximum Gasteiger partial charge on any atom is 0.344 e. The number of thiazole rings is 1. The first-order valence-electron chi connectivity index (χ1n) is 8.18. The number of rotatable bonds is 2. The fourth-order valence-corrected chi connectivity index (χ4v) is 4.41. The minimum absolute atomic E-state index is 0.0535. The molecule has 3 atom stereocenters. The zero-order chi connectivity index (χ0) is 16.7. The number of nitrogens with zero attached hydrogens (tertiary/aromatic N) is 1. The molecule has 2 heterocycles. The molecule has 0 bridgehead atoms. The summed E-state index contributed by atoms with van der Waals surface area (Å²) in [5.41, 5.74) is 1.13. The van der Waals surface area contributed by atoms with E-state index in [1.807, 2.05) is 24.3 Å².